The molecule has 4 heteroatoms. The van der Waals surface area contributed by atoms with Crippen molar-refractivity contribution >= 4 is 0 Å². The lowest BCUT2D eigenvalue weighted by Gasteiger charge is -2.40. The van der Waals surface area contributed by atoms with Gasteiger partial charge in [0.2, 0.25) is 0 Å². The van der Waals surface area contributed by atoms with Gasteiger partial charge in [0, 0.05) is 18.8 Å². The molecule has 0 bridgehead atoms. The lowest BCUT2D eigenvalue weighted by Crippen LogP contribution is -2.47. The highest BCUT2D eigenvalue weighted by Crippen LogP contribution is 2.30. The van der Waals surface area contributed by atoms with Crippen LogP contribution in [0.25, 0.3) is 0 Å². The van der Waals surface area contributed by atoms with Crippen LogP contribution < -0.4 is 0 Å². The Morgan fingerprint density at radius 1 is 1.32 bits per heavy atom. The Bertz CT molecular complexity index is 580. The highest BCUT2D eigenvalue weighted by Gasteiger charge is 2.37. The number of aromatic nitrogens is 2. The van der Waals surface area contributed by atoms with E-state index in [0.717, 1.165) is 25.9 Å². The zero-order valence-electron chi connectivity index (χ0n) is 13.4. The molecule has 0 radical (unpaired) electrons. The minimum Gasteiger partial charge on any atom is -0.348 e. The van der Waals surface area contributed by atoms with Crippen molar-refractivity contribution in [3.8, 4) is 0 Å². The fourth-order valence-electron chi connectivity index (χ4n) is 2.91. The molecule has 2 heterocycles. The second kappa shape index (κ2) is 6.63. The maximum atomic E-state index is 6.22. The van der Waals surface area contributed by atoms with Crippen molar-refractivity contribution < 1.29 is 9.47 Å². The smallest absolute Gasteiger partial charge is 0.186 e. The molecule has 1 saturated heterocycles. The van der Waals surface area contributed by atoms with E-state index < -0.39 is 5.79 Å². The minimum atomic E-state index is -0.552. The quantitative estimate of drug-likeness (QED) is 0.849. The molecule has 1 aromatic carbocycles. The molecule has 1 aliphatic heterocycles. The first-order valence-corrected chi connectivity index (χ1v) is 7.98. The predicted molar refractivity (Wildman–Crippen MR) is 85.6 cm³/mol. The highest BCUT2D eigenvalue weighted by molar-refractivity contribution is 5.21. The van der Waals surface area contributed by atoms with E-state index in [9.17, 15) is 0 Å². The summed E-state index contributed by atoms with van der Waals surface area (Å²) in [6, 6.07) is 8.69. The first-order chi connectivity index (χ1) is 10.7. The van der Waals surface area contributed by atoms with Gasteiger partial charge >= 0.3 is 0 Å². The second-order valence-electron chi connectivity index (χ2n) is 6.20. The predicted octanol–water partition coefficient (Wildman–Crippen LogP) is 3.35. The van der Waals surface area contributed by atoms with Crippen molar-refractivity contribution in [2.24, 2.45) is 0 Å². The molecular weight excluding hydrogens is 276 g/mol. The largest absolute Gasteiger partial charge is 0.348 e. The molecule has 2 aromatic rings. The summed E-state index contributed by atoms with van der Waals surface area (Å²) in [5.41, 5.74) is 2.61. The lowest BCUT2D eigenvalue weighted by molar-refractivity contribution is -0.298. The standard InChI is InChI=1S/C18H24N2O2/c1-15-3-5-17(6-4-15)7-9-18(13-20-11-10-19-14-20)21-12-8-16(2)22-18/h3-6,10-11,14,16H,7-9,12-13H2,1-2H3. The average Bonchev–Trinajstić information content (AvgIpc) is 2.99. The Balaban J connectivity index is 1.71. The van der Waals surface area contributed by atoms with Crippen LogP contribution in [0.4, 0.5) is 0 Å². The van der Waals surface area contributed by atoms with Crippen LogP contribution in [0.3, 0.4) is 0 Å². The summed E-state index contributed by atoms with van der Waals surface area (Å²) in [5, 5.41) is 0. The van der Waals surface area contributed by atoms with Gasteiger partial charge in [0.05, 0.1) is 25.6 Å². The Morgan fingerprint density at radius 3 is 2.82 bits per heavy atom. The van der Waals surface area contributed by atoms with Gasteiger partial charge in [-0.25, -0.2) is 4.98 Å². The number of nitrogens with zero attached hydrogens (tertiary/aromatic N) is 2. The van der Waals surface area contributed by atoms with Crippen LogP contribution in [0.2, 0.25) is 0 Å². The Hall–Kier alpha value is -1.65. The number of hydrogen-bond acceptors (Lipinski definition) is 3. The number of aryl methyl sites for hydroxylation is 2. The molecule has 3 rings (SSSR count). The van der Waals surface area contributed by atoms with Crippen molar-refractivity contribution in [2.45, 2.75) is 51.5 Å². The van der Waals surface area contributed by atoms with Crippen LogP contribution >= 0.6 is 0 Å². The number of ether oxygens (including phenoxy) is 2. The maximum Gasteiger partial charge on any atom is 0.186 e. The summed E-state index contributed by atoms with van der Waals surface area (Å²) in [5.74, 6) is -0.552. The van der Waals surface area contributed by atoms with Gasteiger partial charge in [-0.3, -0.25) is 0 Å². The van der Waals surface area contributed by atoms with E-state index in [-0.39, 0.29) is 6.10 Å². The minimum absolute atomic E-state index is 0.232. The van der Waals surface area contributed by atoms with Crippen LogP contribution in [0.15, 0.2) is 43.0 Å². The van der Waals surface area contributed by atoms with E-state index in [1.54, 1.807) is 6.20 Å². The molecule has 2 atom stereocenters. The van der Waals surface area contributed by atoms with E-state index in [2.05, 4.69) is 43.1 Å². The van der Waals surface area contributed by atoms with Crippen LogP contribution in [0.1, 0.15) is 30.9 Å². The number of hydrogen-bond donors (Lipinski definition) is 0. The van der Waals surface area contributed by atoms with Crippen molar-refractivity contribution in [3.63, 3.8) is 0 Å². The van der Waals surface area contributed by atoms with Crippen LogP contribution in [-0.4, -0.2) is 28.0 Å². The van der Waals surface area contributed by atoms with Crippen LogP contribution in [0.5, 0.6) is 0 Å². The van der Waals surface area contributed by atoms with E-state index in [0.29, 0.717) is 6.54 Å². The zero-order chi connectivity index (χ0) is 15.4. The number of rotatable bonds is 5. The fourth-order valence-corrected chi connectivity index (χ4v) is 2.91. The molecule has 118 valence electrons. The molecule has 0 saturated carbocycles. The molecule has 2 unspecified atom stereocenters. The Kier molecular flexibility index (Phi) is 4.60. The van der Waals surface area contributed by atoms with Crippen molar-refractivity contribution in [2.75, 3.05) is 6.61 Å². The molecule has 1 fully saturated rings. The summed E-state index contributed by atoms with van der Waals surface area (Å²) < 4.78 is 14.3. The second-order valence-corrected chi connectivity index (χ2v) is 6.20. The topological polar surface area (TPSA) is 36.3 Å². The number of imidazole rings is 1. The zero-order valence-corrected chi connectivity index (χ0v) is 13.4. The third-order valence-electron chi connectivity index (χ3n) is 4.20. The number of benzene rings is 1. The van der Waals surface area contributed by atoms with Crippen LogP contribution in [-0.2, 0) is 22.4 Å². The normalized spacial score (nSPS) is 25.3. The molecule has 22 heavy (non-hydrogen) atoms. The van der Waals surface area contributed by atoms with Gasteiger partial charge in [-0.05, 0) is 32.3 Å². The summed E-state index contributed by atoms with van der Waals surface area (Å²) in [6.07, 6.45) is 8.55. The molecule has 0 amide bonds. The fraction of sp³-hybridized carbons (Fsp3) is 0.500. The third-order valence-corrected chi connectivity index (χ3v) is 4.20. The third kappa shape index (κ3) is 3.76. The van der Waals surface area contributed by atoms with Crippen molar-refractivity contribution in [1.82, 2.24) is 9.55 Å². The first-order valence-electron chi connectivity index (χ1n) is 7.98. The highest BCUT2D eigenvalue weighted by atomic mass is 16.7. The Labute approximate surface area is 132 Å². The van der Waals surface area contributed by atoms with E-state index in [4.69, 9.17) is 9.47 Å². The summed E-state index contributed by atoms with van der Waals surface area (Å²) in [7, 11) is 0. The van der Waals surface area contributed by atoms with E-state index in [1.165, 1.54) is 11.1 Å². The van der Waals surface area contributed by atoms with Gasteiger partial charge in [0.1, 0.15) is 0 Å². The SMILES string of the molecule is Cc1ccc(CCC2(Cn3ccnc3)OCCC(C)O2)cc1. The van der Waals surface area contributed by atoms with Gasteiger partial charge in [0.15, 0.2) is 5.79 Å². The molecule has 0 spiro atoms. The van der Waals surface area contributed by atoms with Crippen molar-refractivity contribution in [1.29, 1.82) is 0 Å². The molecule has 1 aliphatic rings. The lowest BCUT2D eigenvalue weighted by atomic mass is 10.0. The summed E-state index contributed by atoms with van der Waals surface area (Å²) in [6.45, 7) is 5.67. The molecule has 0 aliphatic carbocycles. The van der Waals surface area contributed by atoms with Gasteiger partial charge < -0.3 is 14.0 Å². The Morgan fingerprint density at radius 2 is 2.14 bits per heavy atom. The van der Waals surface area contributed by atoms with Gasteiger partial charge in [0.25, 0.3) is 0 Å². The molecule has 1 aromatic heterocycles. The van der Waals surface area contributed by atoms with Gasteiger partial charge in [-0.1, -0.05) is 29.8 Å². The average molecular weight is 300 g/mol. The van der Waals surface area contributed by atoms with E-state index >= 15 is 0 Å². The molecular formula is C18H24N2O2. The van der Waals surface area contributed by atoms with Gasteiger partial charge in [-0.2, -0.15) is 0 Å². The van der Waals surface area contributed by atoms with Crippen LogP contribution in [0, 0.1) is 6.92 Å². The first kappa shape index (κ1) is 15.3. The van der Waals surface area contributed by atoms with Crippen molar-refractivity contribution in [3.05, 3.63) is 54.1 Å². The summed E-state index contributed by atoms with van der Waals surface area (Å²) in [4.78, 5) is 4.12. The van der Waals surface area contributed by atoms with E-state index in [1.807, 2.05) is 17.1 Å². The summed E-state index contributed by atoms with van der Waals surface area (Å²) >= 11 is 0. The molecule has 4 nitrogen and oxygen atoms in total. The van der Waals surface area contributed by atoms with Gasteiger partial charge in [-0.15, -0.1) is 0 Å². The molecule has 0 N–H and O–H groups in total. The maximum absolute atomic E-state index is 6.22. The monoisotopic (exact) mass is 300 g/mol.